The molecule has 0 radical (unpaired) electrons. The molecule has 1 aromatic carbocycles. The van der Waals surface area contributed by atoms with E-state index in [0.717, 1.165) is 6.07 Å². The van der Waals surface area contributed by atoms with Gasteiger partial charge in [-0.25, -0.2) is 8.42 Å². The fourth-order valence-electron chi connectivity index (χ4n) is 1.49. The number of halogens is 3. The van der Waals surface area contributed by atoms with Crippen LogP contribution in [-0.4, -0.2) is 32.2 Å². The minimum atomic E-state index is -5.44. The number of benzene rings is 1. The van der Waals surface area contributed by atoms with Gasteiger partial charge < -0.3 is 10.8 Å². The molecule has 1 unspecified atom stereocenters. The molecule has 4 nitrogen and oxygen atoms in total. The fraction of sp³-hybridized carbons (Fsp3) is 0.400. The molecular weight excluding hydrogens is 271 g/mol. The molecule has 0 aliphatic heterocycles. The Kier molecular flexibility index (Phi) is 4.36. The van der Waals surface area contributed by atoms with Crippen LogP contribution in [-0.2, 0) is 9.84 Å². The zero-order valence-electron chi connectivity index (χ0n) is 9.18. The van der Waals surface area contributed by atoms with Crippen molar-refractivity contribution in [2.24, 2.45) is 5.73 Å². The van der Waals surface area contributed by atoms with Crippen LogP contribution in [0.2, 0.25) is 0 Å². The van der Waals surface area contributed by atoms with Crippen molar-refractivity contribution in [1.29, 1.82) is 0 Å². The first-order chi connectivity index (χ1) is 8.25. The number of aliphatic hydroxyl groups excluding tert-OH is 1. The minimum Gasteiger partial charge on any atom is -0.396 e. The van der Waals surface area contributed by atoms with Gasteiger partial charge >= 0.3 is 5.51 Å². The van der Waals surface area contributed by atoms with Crippen molar-refractivity contribution >= 4 is 9.84 Å². The van der Waals surface area contributed by atoms with Crippen LogP contribution in [0.1, 0.15) is 11.5 Å². The molecule has 0 spiro atoms. The summed E-state index contributed by atoms with van der Waals surface area (Å²) in [7, 11) is -5.44. The lowest BCUT2D eigenvalue weighted by molar-refractivity contribution is -0.0436. The van der Waals surface area contributed by atoms with Crippen LogP contribution >= 0.6 is 0 Å². The predicted molar refractivity (Wildman–Crippen MR) is 58.6 cm³/mol. The lowest BCUT2D eigenvalue weighted by atomic mass is 10.0. The topological polar surface area (TPSA) is 80.4 Å². The first-order valence-corrected chi connectivity index (χ1v) is 6.45. The summed E-state index contributed by atoms with van der Waals surface area (Å²) in [6, 6.07) is 4.65. The molecular formula is C10H12F3NO3S. The average molecular weight is 283 g/mol. The van der Waals surface area contributed by atoms with Crippen LogP contribution in [0.25, 0.3) is 0 Å². The maximum atomic E-state index is 12.5. The number of hydrogen-bond acceptors (Lipinski definition) is 4. The number of aliphatic hydroxyl groups is 1. The van der Waals surface area contributed by atoms with Gasteiger partial charge in [-0.1, -0.05) is 18.2 Å². The Bertz CT molecular complexity index is 509. The third kappa shape index (κ3) is 2.65. The van der Waals surface area contributed by atoms with Gasteiger partial charge in [0.1, 0.15) is 0 Å². The Balaban J connectivity index is 3.44. The van der Waals surface area contributed by atoms with Crippen LogP contribution in [0, 0.1) is 0 Å². The molecule has 0 bridgehead atoms. The standard InChI is InChI=1S/C10H12F3NO3S/c11-10(12,13)18(16,17)9-4-2-1-3-8(9)7(5-14)6-15/h1-4,7,15H,5-6,14H2. The number of alkyl halides is 3. The summed E-state index contributed by atoms with van der Waals surface area (Å²) in [4.78, 5) is -0.859. The molecule has 0 saturated carbocycles. The first kappa shape index (κ1) is 14.9. The second kappa shape index (κ2) is 5.25. The largest absolute Gasteiger partial charge is 0.501 e. The Morgan fingerprint density at radius 3 is 2.28 bits per heavy atom. The average Bonchev–Trinajstić information content (AvgIpc) is 2.29. The van der Waals surface area contributed by atoms with E-state index in [1.165, 1.54) is 18.2 Å². The SMILES string of the molecule is NCC(CO)c1ccccc1S(=O)(=O)C(F)(F)F. The van der Waals surface area contributed by atoms with Crippen LogP contribution in [0.4, 0.5) is 13.2 Å². The van der Waals surface area contributed by atoms with E-state index < -0.39 is 32.8 Å². The summed E-state index contributed by atoms with van der Waals surface area (Å²) in [5.41, 5.74) is -0.202. The van der Waals surface area contributed by atoms with E-state index >= 15 is 0 Å². The van der Waals surface area contributed by atoms with Crippen LogP contribution in [0.15, 0.2) is 29.2 Å². The number of hydrogen-bond donors (Lipinski definition) is 2. The highest BCUT2D eigenvalue weighted by atomic mass is 32.2. The van der Waals surface area contributed by atoms with E-state index in [-0.39, 0.29) is 12.1 Å². The van der Waals surface area contributed by atoms with Crippen molar-refractivity contribution < 1.29 is 26.7 Å². The molecule has 1 rings (SSSR count). The van der Waals surface area contributed by atoms with Gasteiger partial charge in [-0.3, -0.25) is 0 Å². The van der Waals surface area contributed by atoms with Crippen LogP contribution in [0.5, 0.6) is 0 Å². The Morgan fingerprint density at radius 1 is 1.28 bits per heavy atom. The highest BCUT2D eigenvalue weighted by Gasteiger charge is 2.48. The van der Waals surface area contributed by atoms with Gasteiger partial charge in [0.15, 0.2) is 0 Å². The first-order valence-electron chi connectivity index (χ1n) is 4.97. The quantitative estimate of drug-likeness (QED) is 0.864. The van der Waals surface area contributed by atoms with Crippen LogP contribution in [0.3, 0.4) is 0 Å². The molecule has 0 aliphatic rings. The number of rotatable bonds is 4. The zero-order chi connectivity index (χ0) is 14.0. The number of sulfone groups is 1. The highest BCUT2D eigenvalue weighted by molar-refractivity contribution is 7.92. The molecule has 1 atom stereocenters. The highest BCUT2D eigenvalue weighted by Crippen LogP contribution is 2.34. The molecule has 0 fully saturated rings. The lowest BCUT2D eigenvalue weighted by Gasteiger charge is -2.17. The van der Waals surface area contributed by atoms with Gasteiger partial charge in [-0.15, -0.1) is 0 Å². The third-order valence-corrected chi connectivity index (χ3v) is 4.02. The molecule has 3 N–H and O–H groups in total. The molecule has 0 aliphatic carbocycles. The maximum absolute atomic E-state index is 12.5. The predicted octanol–water partition coefficient (Wildman–Crippen LogP) is 1.01. The third-order valence-electron chi connectivity index (χ3n) is 2.46. The molecule has 1 aromatic rings. The van der Waals surface area contributed by atoms with E-state index in [4.69, 9.17) is 10.8 Å². The van der Waals surface area contributed by atoms with Gasteiger partial charge in [-0.05, 0) is 11.6 Å². The Morgan fingerprint density at radius 2 is 1.83 bits per heavy atom. The maximum Gasteiger partial charge on any atom is 0.501 e. The van der Waals surface area contributed by atoms with E-state index in [1.54, 1.807) is 0 Å². The Hall–Kier alpha value is -1.12. The molecule has 8 heteroatoms. The molecule has 0 heterocycles. The number of nitrogens with two attached hydrogens (primary N) is 1. The second-order valence-corrected chi connectivity index (χ2v) is 5.51. The Labute approximate surface area is 102 Å². The van der Waals surface area contributed by atoms with Gasteiger partial charge in [0.2, 0.25) is 0 Å². The van der Waals surface area contributed by atoms with E-state index in [0.29, 0.717) is 0 Å². The minimum absolute atomic E-state index is 0.125. The van der Waals surface area contributed by atoms with Crippen molar-refractivity contribution in [1.82, 2.24) is 0 Å². The molecule has 18 heavy (non-hydrogen) atoms. The van der Waals surface area contributed by atoms with Crippen molar-refractivity contribution in [3.63, 3.8) is 0 Å². The van der Waals surface area contributed by atoms with Gasteiger partial charge in [-0.2, -0.15) is 13.2 Å². The lowest BCUT2D eigenvalue weighted by Crippen LogP contribution is -2.26. The normalized spacial score (nSPS) is 14.5. The van der Waals surface area contributed by atoms with Gasteiger partial charge in [0, 0.05) is 12.5 Å². The van der Waals surface area contributed by atoms with Crippen molar-refractivity contribution in [2.45, 2.75) is 16.3 Å². The van der Waals surface area contributed by atoms with Crippen molar-refractivity contribution in [3.05, 3.63) is 29.8 Å². The zero-order valence-corrected chi connectivity index (χ0v) is 10.0. The second-order valence-electron chi connectivity index (χ2n) is 3.60. The molecule has 0 saturated heterocycles. The summed E-state index contributed by atoms with van der Waals surface area (Å²) in [6.07, 6.45) is 0. The van der Waals surface area contributed by atoms with E-state index in [1.807, 2.05) is 0 Å². The summed E-state index contributed by atoms with van der Waals surface area (Å²) in [5.74, 6) is -0.849. The smallest absolute Gasteiger partial charge is 0.396 e. The summed E-state index contributed by atoms with van der Waals surface area (Å²) in [6.45, 7) is -0.679. The van der Waals surface area contributed by atoms with Gasteiger partial charge in [0.25, 0.3) is 9.84 Å². The fourth-order valence-corrected chi connectivity index (χ4v) is 2.54. The van der Waals surface area contributed by atoms with Crippen LogP contribution < -0.4 is 5.73 Å². The van der Waals surface area contributed by atoms with Crippen molar-refractivity contribution in [2.75, 3.05) is 13.2 Å². The summed E-state index contributed by atoms with van der Waals surface area (Å²) >= 11 is 0. The molecule has 102 valence electrons. The summed E-state index contributed by atoms with van der Waals surface area (Å²) < 4.78 is 60.2. The van der Waals surface area contributed by atoms with Gasteiger partial charge in [0.05, 0.1) is 11.5 Å². The molecule has 0 amide bonds. The monoisotopic (exact) mass is 283 g/mol. The molecule has 0 aromatic heterocycles. The van der Waals surface area contributed by atoms with E-state index in [9.17, 15) is 21.6 Å². The summed E-state index contributed by atoms with van der Waals surface area (Å²) in [5, 5.41) is 9.02. The van der Waals surface area contributed by atoms with Crippen molar-refractivity contribution in [3.8, 4) is 0 Å². The van der Waals surface area contributed by atoms with E-state index in [2.05, 4.69) is 0 Å².